The molecule has 134 valence electrons. The van der Waals surface area contributed by atoms with E-state index in [0.717, 1.165) is 51.7 Å². The Bertz CT molecular complexity index is 358. The summed E-state index contributed by atoms with van der Waals surface area (Å²) in [7, 11) is 1.71. The van der Waals surface area contributed by atoms with Gasteiger partial charge in [0, 0.05) is 44.7 Å². The fourth-order valence-corrected chi connectivity index (χ4v) is 4.04. The summed E-state index contributed by atoms with van der Waals surface area (Å²) < 4.78 is 5.20. The molecule has 1 atom stereocenters. The smallest absolute Gasteiger partial charge is 0.221 e. The Morgan fingerprint density at radius 2 is 2.09 bits per heavy atom. The highest BCUT2D eigenvalue weighted by molar-refractivity contribution is 5.76. The number of amides is 1. The fraction of sp³-hybridized carbons (Fsp3) is 0.944. The summed E-state index contributed by atoms with van der Waals surface area (Å²) in [6, 6.07) is 0.399. The lowest BCUT2D eigenvalue weighted by atomic mass is 9.78. The summed E-state index contributed by atoms with van der Waals surface area (Å²) in [5.41, 5.74) is -0.0475. The highest BCUT2D eigenvalue weighted by Crippen LogP contribution is 2.33. The molecule has 0 unspecified atom stereocenters. The van der Waals surface area contributed by atoms with Crippen molar-refractivity contribution < 1.29 is 14.6 Å². The molecule has 0 bridgehead atoms. The van der Waals surface area contributed by atoms with Crippen LogP contribution in [0.15, 0.2) is 0 Å². The van der Waals surface area contributed by atoms with Crippen molar-refractivity contribution in [3.63, 3.8) is 0 Å². The lowest BCUT2D eigenvalue weighted by Gasteiger charge is -2.42. The summed E-state index contributed by atoms with van der Waals surface area (Å²) in [5.74, 6) is 0.189. The number of ether oxygens (including phenoxy) is 1. The number of aliphatic hydroxyl groups excluding tert-OH is 1. The molecule has 0 aromatic carbocycles. The second kappa shape index (κ2) is 9.60. The van der Waals surface area contributed by atoms with Crippen molar-refractivity contribution in [1.82, 2.24) is 10.2 Å². The van der Waals surface area contributed by atoms with Gasteiger partial charge < -0.3 is 20.1 Å². The third-order valence-electron chi connectivity index (χ3n) is 5.54. The van der Waals surface area contributed by atoms with E-state index >= 15 is 0 Å². The lowest BCUT2D eigenvalue weighted by Crippen LogP contribution is -2.47. The zero-order valence-corrected chi connectivity index (χ0v) is 14.7. The summed E-state index contributed by atoms with van der Waals surface area (Å²) in [4.78, 5) is 14.5. The summed E-state index contributed by atoms with van der Waals surface area (Å²) in [6.45, 7) is 3.61. The van der Waals surface area contributed by atoms with Crippen LogP contribution in [0.1, 0.15) is 57.8 Å². The molecule has 1 saturated heterocycles. The summed E-state index contributed by atoms with van der Waals surface area (Å²) >= 11 is 0. The average Bonchev–Trinajstić information content (AvgIpc) is 2.59. The third kappa shape index (κ3) is 6.05. The molecule has 1 saturated carbocycles. The highest BCUT2D eigenvalue weighted by Gasteiger charge is 2.34. The molecule has 0 aromatic heterocycles. The number of piperidine rings is 1. The molecule has 2 rings (SSSR count). The molecule has 0 spiro atoms. The Labute approximate surface area is 140 Å². The Hall–Kier alpha value is -0.650. The van der Waals surface area contributed by atoms with Crippen LogP contribution < -0.4 is 5.32 Å². The van der Waals surface area contributed by atoms with Gasteiger partial charge in [0.1, 0.15) is 0 Å². The van der Waals surface area contributed by atoms with Crippen LogP contribution in [-0.4, -0.2) is 61.9 Å². The molecule has 1 heterocycles. The van der Waals surface area contributed by atoms with E-state index in [1.54, 1.807) is 7.11 Å². The molecule has 5 heteroatoms. The van der Waals surface area contributed by atoms with Crippen LogP contribution >= 0.6 is 0 Å². The van der Waals surface area contributed by atoms with Gasteiger partial charge in [-0.3, -0.25) is 4.79 Å². The quantitative estimate of drug-likeness (QED) is 0.715. The van der Waals surface area contributed by atoms with Gasteiger partial charge >= 0.3 is 0 Å². The fourth-order valence-electron chi connectivity index (χ4n) is 4.04. The van der Waals surface area contributed by atoms with Crippen LogP contribution in [0.2, 0.25) is 0 Å². The number of carbonyl (C=O) groups is 1. The van der Waals surface area contributed by atoms with E-state index in [4.69, 9.17) is 4.74 Å². The van der Waals surface area contributed by atoms with Crippen LogP contribution in [-0.2, 0) is 9.53 Å². The molecule has 1 aliphatic carbocycles. The molecular weight excluding hydrogens is 292 g/mol. The third-order valence-corrected chi connectivity index (χ3v) is 5.54. The van der Waals surface area contributed by atoms with Crippen molar-refractivity contribution in [2.45, 2.75) is 63.8 Å². The van der Waals surface area contributed by atoms with E-state index in [9.17, 15) is 9.90 Å². The zero-order valence-electron chi connectivity index (χ0n) is 14.7. The standard InChI is InChI=1S/C18H34N2O3/c1-23-13-10-18(15-21)9-5-11-20(14-18)12-8-17(22)19-16-6-3-2-4-7-16/h16,21H,2-15H2,1H3,(H,19,22)/t18-/m1/s1. The molecule has 2 N–H and O–H groups in total. The van der Waals surface area contributed by atoms with E-state index in [1.807, 2.05) is 0 Å². The van der Waals surface area contributed by atoms with Crippen LogP contribution in [0.3, 0.4) is 0 Å². The Morgan fingerprint density at radius 1 is 1.30 bits per heavy atom. The molecule has 2 aliphatic rings. The molecule has 2 fully saturated rings. The topological polar surface area (TPSA) is 61.8 Å². The molecule has 5 nitrogen and oxygen atoms in total. The highest BCUT2D eigenvalue weighted by atomic mass is 16.5. The first-order valence-corrected chi connectivity index (χ1v) is 9.29. The Balaban J connectivity index is 1.72. The molecule has 0 aromatic rings. The first-order chi connectivity index (χ1) is 11.2. The van der Waals surface area contributed by atoms with Crippen molar-refractivity contribution in [2.75, 3.05) is 40.0 Å². The van der Waals surface area contributed by atoms with Gasteiger partial charge in [0.15, 0.2) is 0 Å². The second-order valence-electron chi connectivity index (χ2n) is 7.43. The maximum Gasteiger partial charge on any atom is 0.221 e. The van der Waals surface area contributed by atoms with E-state index in [-0.39, 0.29) is 17.9 Å². The van der Waals surface area contributed by atoms with Crippen molar-refractivity contribution in [2.24, 2.45) is 5.41 Å². The number of methoxy groups -OCH3 is 1. The predicted octanol–water partition coefficient (Wildman–Crippen LogP) is 1.94. The van der Waals surface area contributed by atoms with Gasteiger partial charge in [0.2, 0.25) is 5.91 Å². The first-order valence-electron chi connectivity index (χ1n) is 9.29. The largest absolute Gasteiger partial charge is 0.396 e. The number of carbonyl (C=O) groups excluding carboxylic acids is 1. The molecule has 1 aliphatic heterocycles. The minimum absolute atomic E-state index is 0.0475. The van der Waals surface area contributed by atoms with Crippen molar-refractivity contribution in [3.05, 3.63) is 0 Å². The minimum Gasteiger partial charge on any atom is -0.396 e. The van der Waals surface area contributed by atoms with E-state index in [0.29, 0.717) is 19.1 Å². The molecule has 23 heavy (non-hydrogen) atoms. The number of nitrogens with zero attached hydrogens (tertiary/aromatic N) is 1. The van der Waals surface area contributed by atoms with Gasteiger partial charge in [-0.1, -0.05) is 19.3 Å². The first kappa shape index (κ1) is 18.7. The Morgan fingerprint density at radius 3 is 2.78 bits per heavy atom. The van der Waals surface area contributed by atoms with Gasteiger partial charge in [-0.2, -0.15) is 0 Å². The molecular formula is C18H34N2O3. The zero-order chi connectivity index (χ0) is 16.5. The number of nitrogens with one attached hydrogen (secondary N) is 1. The predicted molar refractivity (Wildman–Crippen MR) is 91.3 cm³/mol. The van der Waals surface area contributed by atoms with E-state index in [1.165, 1.54) is 19.3 Å². The number of rotatable bonds is 8. The Kier molecular flexibility index (Phi) is 7.80. The van der Waals surface area contributed by atoms with Crippen LogP contribution in [0.5, 0.6) is 0 Å². The lowest BCUT2D eigenvalue weighted by molar-refractivity contribution is -0.122. The van der Waals surface area contributed by atoms with Gasteiger partial charge in [-0.05, 0) is 38.6 Å². The summed E-state index contributed by atoms with van der Waals surface area (Å²) in [6.07, 6.45) is 9.69. The SMILES string of the molecule is COCC[C@]1(CO)CCCN(CCC(=O)NC2CCCCC2)C1. The number of likely N-dealkylation sites (tertiary alicyclic amines) is 1. The number of aliphatic hydroxyl groups is 1. The van der Waals surface area contributed by atoms with E-state index < -0.39 is 0 Å². The van der Waals surface area contributed by atoms with E-state index in [2.05, 4.69) is 10.2 Å². The van der Waals surface area contributed by atoms with Crippen molar-refractivity contribution >= 4 is 5.91 Å². The molecule has 0 radical (unpaired) electrons. The number of hydrogen-bond acceptors (Lipinski definition) is 4. The van der Waals surface area contributed by atoms with Crippen LogP contribution in [0.25, 0.3) is 0 Å². The maximum absolute atomic E-state index is 12.1. The van der Waals surface area contributed by atoms with Crippen molar-refractivity contribution in [1.29, 1.82) is 0 Å². The normalized spacial score (nSPS) is 27.0. The van der Waals surface area contributed by atoms with Gasteiger partial charge in [0.05, 0.1) is 6.61 Å². The summed E-state index contributed by atoms with van der Waals surface area (Å²) in [5, 5.41) is 13.0. The van der Waals surface area contributed by atoms with Gasteiger partial charge in [-0.25, -0.2) is 0 Å². The van der Waals surface area contributed by atoms with Gasteiger partial charge in [-0.15, -0.1) is 0 Å². The monoisotopic (exact) mass is 326 g/mol. The van der Waals surface area contributed by atoms with Crippen LogP contribution in [0.4, 0.5) is 0 Å². The molecule has 1 amide bonds. The van der Waals surface area contributed by atoms with Gasteiger partial charge in [0.25, 0.3) is 0 Å². The average molecular weight is 326 g/mol. The second-order valence-corrected chi connectivity index (χ2v) is 7.43. The van der Waals surface area contributed by atoms with Crippen LogP contribution in [0, 0.1) is 5.41 Å². The number of hydrogen-bond donors (Lipinski definition) is 2. The van der Waals surface area contributed by atoms with Crippen molar-refractivity contribution in [3.8, 4) is 0 Å². The minimum atomic E-state index is -0.0475. The maximum atomic E-state index is 12.1.